The van der Waals surface area contributed by atoms with E-state index in [1.54, 1.807) is 13.0 Å². The minimum atomic E-state index is -1.40. The van der Waals surface area contributed by atoms with Gasteiger partial charge in [0.1, 0.15) is 29.3 Å². The van der Waals surface area contributed by atoms with E-state index in [0.717, 1.165) is 48.9 Å². The van der Waals surface area contributed by atoms with Gasteiger partial charge in [0.15, 0.2) is 0 Å². The van der Waals surface area contributed by atoms with Crippen LogP contribution in [0.4, 0.5) is 5.69 Å². The number of aliphatic hydroxyl groups is 1. The second-order valence-corrected chi connectivity index (χ2v) is 13.2. The summed E-state index contributed by atoms with van der Waals surface area (Å²) in [6.45, 7) is 1.44. The molecule has 4 bridgehead atoms. The maximum Gasteiger partial charge on any atom is 0.274 e. The van der Waals surface area contributed by atoms with E-state index in [0.29, 0.717) is 17.5 Å². The number of aromatic nitrogens is 2. The lowest BCUT2D eigenvalue weighted by molar-refractivity contribution is -0.129. The van der Waals surface area contributed by atoms with E-state index in [1.807, 2.05) is 0 Å². The van der Waals surface area contributed by atoms with Crippen molar-refractivity contribution in [2.75, 3.05) is 19.5 Å². The Kier molecular flexibility index (Phi) is 9.68. The fourth-order valence-electron chi connectivity index (χ4n) is 7.31. The number of thiazole rings is 1. The number of nitrogens with one attached hydrogen (secondary N) is 4. The summed E-state index contributed by atoms with van der Waals surface area (Å²) in [7, 11) is 2.80. The van der Waals surface area contributed by atoms with Crippen molar-refractivity contribution in [3.8, 4) is 5.19 Å². The molecule has 2 aromatic heterocycles. The molecule has 4 fully saturated rings. The number of aryl methyl sites for hydroxylation is 1. The van der Waals surface area contributed by atoms with Gasteiger partial charge in [0, 0.05) is 19.3 Å². The largest absolute Gasteiger partial charge is 0.473 e. The molecule has 0 aromatic carbocycles. The van der Waals surface area contributed by atoms with E-state index in [9.17, 15) is 29.1 Å². The first kappa shape index (κ1) is 31.6. The van der Waals surface area contributed by atoms with Gasteiger partial charge in [-0.25, -0.2) is 4.98 Å². The van der Waals surface area contributed by atoms with Gasteiger partial charge in [-0.05, 0) is 87.7 Å². The van der Waals surface area contributed by atoms with Gasteiger partial charge in [-0.1, -0.05) is 11.3 Å². The van der Waals surface area contributed by atoms with Crippen LogP contribution in [0.15, 0.2) is 23.1 Å². The molecule has 5 N–H and O–H groups in total. The van der Waals surface area contributed by atoms with E-state index in [1.165, 1.54) is 37.4 Å². The number of aliphatic hydroxyl groups excluding tert-OH is 1. The van der Waals surface area contributed by atoms with Crippen molar-refractivity contribution < 1.29 is 29.0 Å². The third-order valence-electron chi connectivity index (χ3n) is 9.20. The van der Waals surface area contributed by atoms with Crippen LogP contribution in [0, 0.1) is 30.6 Å². The zero-order chi connectivity index (χ0) is 31.5. The second-order valence-electron chi connectivity index (χ2n) is 12.2. The molecule has 44 heavy (non-hydrogen) atoms. The highest BCUT2D eigenvalue weighted by atomic mass is 32.1. The van der Waals surface area contributed by atoms with E-state index in [-0.39, 0.29) is 47.1 Å². The highest BCUT2D eigenvalue weighted by Gasteiger charge is 2.48. The molecule has 2 atom stereocenters. The summed E-state index contributed by atoms with van der Waals surface area (Å²) in [5.74, 6) is 0.386. The van der Waals surface area contributed by atoms with Gasteiger partial charge in [0.2, 0.25) is 17.7 Å². The summed E-state index contributed by atoms with van der Waals surface area (Å²) in [6.07, 6.45) is 5.82. The summed E-state index contributed by atoms with van der Waals surface area (Å²) in [4.78, 5) is 69.0. The topological polar surface area (TPSA) is 181 Å². The second kappa shape index (κ2) is 13.5. The van der Waals surface area contributed by atoms with Gasteiger partial charge >= 0.3 is 0 Å². The molecule has 0 saturated heterocycles. The Labute approximate surface area is 259 Å². The van der Waals surface area contributed by atoms with Crippen molar-refractivity contribution in [1.82, 2.24) is 25.5 Å². The number of pyridine rings is 1. The molecule has 14 heteroatoms. The van der Waals surface area contributed by atoms with Crippen LogP contribution in [0.3, 0.4) is 0 Å². The van der Waals surface area contributed by atoms with Gasteiger partial charge in [0.25, 0.3) is 16.7 Å². The number of hydrogen-bond donors (Lipinski definition) is 5. The van der Waals surface area contributed by atoms with Crippen molar-refractivity contribution in [3.63, 3.8) is 0 Å². The minimum absolute atomic E-state index is 0.0679. The standard InChI is InChI=1S/C30H40N6O7S/c1-15-25(44-30(32-15)43-3)28(41)33-20(6-7-22(37)27(40)31-2)26(39)34-21-5-4-8-36(29(21)42)14-23(38)35-24-18-10-16-9-17(12-18)13-19(24)11-16/h4-5,8,16-20,22,24,37H,6-7,9-14H2,1-3H3,(H,31,40)(H,33,41)(H,34,39)(H,35,38)/t16?,17?,18?,19?,20-,22?,24?/m0/s1. The van der Waals surface area contributed by atoms with Crippen LogP contribution < -0.4 is 31.6 Å². The Balaban J connectivity index is 1.26. The smallest absolute Gasteiger partial charge is 0.274 e. The van der Waals surface area contributed by atoms with Crippen LogP contribution in [-0.2, 0) is 20.9 Å². The highest BCUT2D eigenvalue weighted by Crippen LogP contribution is 2.53. The average molecular weight is 629 g/mol. The maximum absolute atomic E-state index is 13.4. The van der Waals surface area contributed by atoms with E-state index in [4.69, 9.17) is 4.74 Å². The third kappa shape index (κ3) is 6.96. The molecule has 238 valence electrons. The molecule has 4 aliphatic rings. The third-order valence-corrected chi connectivity index (χ3v) is 10.3. The Morgan fingerprint density at radius 2 is 1.77 bits per heavy atom. The molecular weight excluding hydrogens is 588 g/mol. The number of hydrogen-bond acceptors (Lipinski definition) is 9. The Hall–Kier alpha value is -3.78. The zero-order valence-corrected chi connectivity index (χ0v) is 25.9. The van der Waals surface area contributed by atoms with Crippen molar-refractivity contribution in [2.24, 2.45) is 23.7 Å². The van der Waals surface area contributed by atoms with Gasteiger partial charge in [-0.2, -0.15) is 0 Å². The molecule has 4 amide bonds. The fraction of sp³-hybridized carbons (Fsp3) is 0.600. The molecule has 6 rings (SSSR count). The SMILES string of the molecule is CNC(=O)C(O)CC[C@H](NC(=O)c1sc(OC)nc1C)C(=O)Nc1cccn(CC(=O)NC2C3CC4CC(C3)CC2C4)c1=O. The summed E-state index contributed by atoms with van der Waals surface area (Å²) in [5, 5.41) is 21.2. The van der Waals surface area contributed by atoms with Crippen molar-refractivity contribution in [2.45, 2.75) is 76.6 Å². The Morgan fingerprint density at radius 1 is 1.09 bits per heavy atom. The van der Waals surface area contributed by atoms with Crippen LogP contribution in [0.1, 0.15) is 60.3 Å². The predicted molar refractivity (Wildman–Crippen MR) is 162 cm³/mol. The molecule has 0 aliphatic heterocycles. The van der Waals surface area contributed by atoms with E-state index in [2.05, 4.69) is 26.3 Å². The normalized spacial score (nSPS) is 24.7. The number of amides is 4. The van der Waals surface area contributed by atoms with E-state index >= 15 is 0 Å². The van der Waals surface area contributed by atoms with Gasteiger partial charge in [0.05, 0.1) is 12.8 Å². The summed E-state index contributed by atoms with van der Waals surface area (Å²) < 4.78 is 6.35. The minimum Gasteiger partial charge on any atom is -0.473 e. The molecule has 0 radical (unpaired) electrons. The lowest BCUT2D eigenvalue weighted by Crippen LogP contribution is -2.56. The lowest BCUT2D eigenvalue weighted by atomic mass is 9.54. The molecule has 4 aliphatic carbocycles. The molecule has 2 heterocycles. The Morgan fingerprint density at radius 3 is 2.39 bits per heavy atom. The zero-order valence-electron chi connectivity index (χ0n) is 25.1. The first-order chi connectivity index (χ1) is 21.1. The summed E-state index contributed by atoms with van der Waals surface area (Å²) >= 11 is 1.01. The monoisotopic (exact) mass is 628 g/mol. The van der Waals surface area contributed by atoms with Gasteiger partial charge < -0.3 is 35.7 Å². The predicted octanol–water partition coefficient (Wildman–Crippen LogP) is 1.19. The van der Waals surface area contributed by atoms with Gasteiger partial charge in [-0.3, -0.25) is 24.0 Å². The molecular formula is C30H40N6O7S. The number of ether oxygens (including phenoxy) is 1. The number of carbonyl (C=O) groups is 4. The first-order valence-corrected chi connectivity index (χ1v) is 15.9. The van der Waals surface area contributed by atoms with E-state index < -0.39 is 35.4 Å². The van der Waals surface area contributed by atoms with Crippen LogP contribution >= 0.6 is 11.3 Å². The average Bonchev–Trinajstić information content (AvgIpc) is 3.38. The van der Waals surface area contributed by atoms with Crippen molar-refractivity contribution in [1.29, 1.82) is 0 Å². The van der Waals surface area contributed by atoms with Crippen LogP contribution in [0.25, 0.3) is 0 Å². The number of nitrogens with zero attached hydrogens (tertiary/aromatic N) is 2. The van der Waals surface area contributed by atoms with Crippen molar-refractivity contribution in [3.05, 3.63) is 39.3 Å². The number of likely N-dealkylation sites (N-methyl/N-ethyl adjacent to an activating group) is 1. The summed E-state index contributed by atoms with van der Waals surface area (Å²) in [5.41, 5.74) is -0.229. The quantitative estimate of drug-likeness (QED) is 0.232. The molecule has 0 spiro atoms. The fourth-order valence-corrected chi connectivity index (χ4v) is 8.09. The van der Waals surface area contributed by atoms with Crippen LogP contribution in [0.2, 0.25) is 0 Å². The number of rotatable bonds is 12. The Bertz CT molecular complexity index is 1440. The first-order valence-electron chi connectivity index (χ1n) is 15.1. The maximum atomic E-state index is 13.4. The number of methoxy groups -OCH3 is 1. The van der Waals surface area contributed by atoms with Gasteiger partial charge in [-0.15, -0.1) is 0 Å². The lowest BCUT2D eigenvalue weighted by Gasteiger charge is -2.54. The van der Waals surface area contributed by atoms with Crippen molar-refractivity contribution >= 4 is 40.7 Å². The van der Waals surface area contributed by atoms with Crippen LogP contribution in [-0.4, -0.2) is 70.6 Å². The summed E-state index contributed by atoms with van der Waals surface area (Å²) in [6, 6.07) is 1.92. The number of carbonyl (C=O) groups excluding carboxylic acids is 4. The molecule has 13 nitrogen and oxygen atoms in total. The highest BCUT2D eigenvalue weighted by molar-refractivity contribution is 7.15. The molecule has 2 aromatic rings. The van der Waals surface area contributed by atoms with Crippen LogP contribution in [0.5, 0.6) is 5.19 Å². The molecule has 4 saturated carbocycles. The number of anilines is 1. The molecule has 1 unspecified atom stereocenters.